The van der Waals surface area contributed by atoms with Gasteiger partial charge in [0.15, 0.2) is 0 Å². The fraction of sp³-hybridized carbons (Fsp3) is 0.576. The average Bonchev–Trinajstić information content (AvgIpc) is 3.02. The summed E-state index contributed by atoms with van der Waals surface area (Å²) in [6.07, 6.45) is 16.5. The first-order valence-corrected chi connectivity index (χ1v) is 13.8. The van der Waals surface area contributed by atoms with Crippen LogP contribution in [-0.2, 0) is 6.42 Å². The first kappa shape index (κ1) is 21.7. The molecule has 4 aliphatic carbocycles. The molecule has 0 heteroatoms. The zero-order chi connectivity index (χ0) is 22.9. The van der Waals surface area contributed by atoms with Gasteiger partial charge >= 0.3 is 0 Å². The summed E-state index contributed by atoms with van der Waals surface area (Å²) in [5, 5.41) is 5.88. The van der Waals surface area contributed by atoms with Gasteiger partial charge in [0.1, 0.15) is 0 Å². The van der Waals surface area contributed by atoms with E-state index in [0.29, 0.717) is 17.3 Å². The third-order valence-electron chi connectivity index (χ3n) is 10.4. The molecule has 4 aliphatic rings. The lowest BCUT2D eigenvalue weighted by Crippen LogP contribution is -2.31. The van der Waals surface area contributed by atoms with Crippen LogP contribution in [-0.4, -0.2) is 0 Å². The maximum atomic E-state index is 4.36. The van der Waals surface area contributed by atoms with Crippen LogP contribution in [0.2, 0.25) is 0 Å². The monoisotopic (exact) mass is 438 g/mol. The number of allylic oxidation sites excluding steroid dienone is 1. The number of benzene rings is 2. The third-order valence-corrected chi connectivity index (χ3v) is 10.4. The molecule has 0 N–H and O–H groups in total. The second-order valence-corrected chi connectivity index (χ2v) is 12.8. The van der Waals surface area contributed by atoms with Gasteiger partial charge in [0.2, 0.25) is 0 Å². The van der Waals surface area contributed by atoms with Crippen LogP contribution in [0.3, 0.4) is 0 Å². The predicted octanol–water partition coefficient (Wildman–Crippen LogP) is 7.50. The molecule has 3 unspecified atom stereocenters. The zero-order valence-corrected chi connectivity index (χ0v) is 21.3. The van der Waals surface area contributed by atoms with E-state index in [9.17, 15) is 0 Å². The van der Waals surface area contributed by atoms with Gasteiger partial charge in [0.25, 0.3) is 0 Å². The molecule has 33 heavy (non-hydrogen) atoms. The molecule has 0 saturated heterocycles. The molecular formula is C33H42. The molecule has 0 aromatic heterocycles. The molecule has 0 heterocycles. The summed E-state index contributed by atoms with van der Waals surface area (Å²) < 4.78 is 0. The number of hydrogen-bond acceptors (Lipinski definition) is 0. The van der Waals surface area contributed by atoms with Gasteiger partial charge in [-0.3, -0.25) is 0 Å². The highest BCUT2D eigenvalue weighted by atomic mass is 14.6. The molecule has 6 atom stereocenters. The summed E-state index contributed by atoms with van der Waals surface area (Å²) in [6, 6.07) is 9.54. The van der Waals surface area contributed by atoms with Gasteiger partial charge < -0.3 is 0 Å². The molecule has 0 spiro atoms. The largest absolute Gasteiger partial charge is 0.0955 e. The molecule has 0 bridgehead atoms. The maximum absolute atomic E-state index is 4.36. The van der Waals surface area contributed by atoms with Crippen molar-refractivity contribution in [3.63, 3.8) is 0 Å². The highest BCUT2D eigenvalue weighted by Gasteiger charge is 2.56. The van der Waals surface area contributed by atoms with E-state index in [1.54, 1.807) is 0 Å². The fourth-order valence-electron chi connectivity index (χ4n) is 9.01. The molecule has 0 aliphatic heterocycles. The van der Waals surface area contributed by atoms with Crippen molar-refractivity contribution in [3.8, 4) is 0 Å². The van der Waals surface area contributed by atoms with Crippen LogP contribution < -0.4 is 10.4 Å². The fourth-order valence-corrected chi connectivity index (χ4v) is 9.01. The molecule has 0 nitrogen and oxygen atoms in total. The Labute approximate surface area is 200 Å². The molecule has 174 valence electrons. The Morgan fingerprint density at radius 3 is 2.55 bits per heavy atom. The maximum Gasteiger partial charge on any atom is -0.00308 e. The van der Waals surface area contributed by atoms with Crippen molar-refractivity contribution >= 4 is 28.5 Å². The summed E-state index contributed by atoms with van der Waals surface area (Å²) in [5.41, 5.74) is 4.60. The van der Waals surface area contributed by atoms with Crippen LogP contribution in [0.5, 0.6) is 0 Å². The smallest absolute Gasteiger partial charge is 0.00308 e. The molecule has 3 fully saturated rings. The van der Waals surface area contributed by atoms with Crippen LogP contribution in [0.15, 0.2) is 30.8 Å². The summed E-state index contributed by atoms with van der Waals surface area (Å²) in [7, 11) is 0. The molecule has 3 saturated carbocycles. The van der Waals surface area contributed by atoms with E-state index in [0.717, 1.165) is 30.1 Å². The minimum Gasteiger partial charge on any atom is -0.0955 e. The van der Waals surface area contributed by atoms with Crippen molar-refractivity contribution in [2.45, 2.75) is 79.1 Å². The van der Waals surface area contributed by atoms with Gasteiger partial charge in [-0.2, -0.15) is 0 Å². The van der Waals surface area contributed by atoms with Gasteiger partial charge in [0, 0.05) is 0 Å². The van der Waals surface area contributed by atoms with Gasteiger partial charge in [0.05, 0.1) is 0 Å². The highest BCUT2D eigenvalue weighted by Crippen LogP contribution is 2.63. The van der Waals surface area contributed by atoms with Crippen molar-refractivity contribution in [1.29, 1.82) is 0 Å². The van der Waals surface area contributed by atoms with Gasteiger partial charge in [-0.05, 0) is 119 Å². The van der Waals surface area contributed by atoms with Crippen LogP contribution in [0, 0.1) is 40.9 Å². The first-order chi connectivity index (χ1) is 15.8. The summed E-state index contributed by atoms with van der Waals surface area (Å²) in [6.45, 7) is 14.1. The van der Waals surface area contributed by atoms with Crippen LogP contribution in [0.25, 0.3) is 28.5 Å². The van der Waals surface area contributed by atoms with E-state index in [4.69, 9.17) is 0 Å². The van der Waals surface area contributed by atoms with E-state index in [-0.39, 0.29) is 0 Å². The Morgan fingerprint density at radius 1 is 0.939 bits per heavy atom. The quantitative estimate of drug-likeness (QED) is 0.455. The zero-order valence-electron chi connectivity index (χ0n) is 21.3. The molecule has 2 aromatic carbocycles. The third kappa shape index (κ3) is 3.38. The summed E-state index contributed by atoms with van der Waals surface area (Å²) in [4.78, 5) is 0. The topological polar surface area (TPSA) is 0 Å². The van der Waals surface area contributed by atoms with Crippen molar-refractivity contribution in [2.75, 3.05) is 0 Å². The first-order valence-electron chi connectivity index (χ1n) is 13.8. The van der Waals surface area contributed by atoms with Gasteiger partial charge in [-0.15, -0.1) is 0 Å². The average molecular weight is 439 g/mol. The van der Waals surface area contributed by atoms with Gasteiger partial charge in [-0.25, -0.2) is 0 Å². The Bertz CT molecular complexity index is 1220. The lowest BCUT2D eigenvalue weighted by Gasteiger charge is -2.39. The number of hydrogen-bond donors (Lipinski definition) is 0. The van der Waals surface area contributed by atoms with Crippen LogP contribution in [0.4, 0.5) is 0 Å². The Balaban J connectivity index is 1.44. The molecule has 2 aromatic rings. The second kappa shape index (κ2) is 7.86. The van der Waals surface area contributed by atoms with E-state index in [2.05, 4.69) is 70.7 Å². The number of rotatable bonds is 2. The number of fused-ring (bicyclic) bond motifs is 3. The Morgan fingerprint density at radius 2 is 1.73 bits per heavy atom. The summed E-state index contributed by atoms with van der Waals surface area (Å²) in [5.74, 6) is 5.24. The predicted molar refractivity (Wildman–Crippen MR) is 143 cm³/mol. The van der Waals surface area contributed by atoms with E-state index in [1.807, 2.05) is 0 Å². The van der Waals surface area contributed by atoms with Crippen molar-refractivity contribution in [2.24, 2.45) is 40.9 Å². The van der Waals surface area contributed by atoms with E-state index >= 15 is 0 Å². The normalized spacial score (nSPS) is 35.1. The standard InChI is InChI=1S/C33H42/c1-20(2)26-15-13-24-17-21(3)16-23-11-12-25(32(26)31(23)24)18-22-10-14-28-27-8-6-7-9-29(27)33(4,5)30(28)19-22/h11-13,15-16,18,21-22,27-30H,1,6-10,14,17,19H2,2-5H3/b25-18+/t21?,22-,27?,28?,29-,30+/m1/s1. The van der Waals surface area contributed by atoms with Gasteiger partial charge in [-0.1, -0.05) is 82.2 Å². The molecule has 0 amide bonds. The lowest BCUT2D eigenvalue weighted by atomic mass is 9.66. The molecular weight excluding hydrogens is 396 g/mol. The van der Waals surface area contributed by atoms with Crippen molar-refractivity contribution in [1.82, 2.24) is 0 Å². The van der Waals surface area contributed by atoms with E-state index < -0.39 is 0 Å². The van der Waals surface area contributed by atoms with Crippen molar-refractivity contribution in [3.05, 3.63) is 52.4 Å². The summed E-state index contributed by atoms with van der Waals surface area (Å²) >= 11 is 0. The Hall–Kier alpha value is -1.82. The van der Waals surface area contributed by atoms with Crippen LogP contribution >= 0.6 is 0 Å². The van der Waals surface area contributed by atoms with Crippen LogP contribution in [0.1, 0.15) is 83.8 Å². The molecule has 0 radical (unpaired) electrons. The van der Waals surface area contributed by atoms with Crippen molar-refractivity contribution < 1.29 is 0 Å². The van der Waals surface area contributed by atoms with E-state index in [1.165, 1.54) is 82.9 Å². The molecule has 6 rings (SSSR count). The minimum absolute atomic E-state index is 0.524. The minimum atomic E-state index is 0.524. The lowest BCUT2D eigenvalue weighted by molar-refractivity contribution is 0.115. The second-order valence-electron chi connectivity index (χ2n) is 12.8. The Kier molecular flexibility index (Phi) is 5.17. The SMILES string of the molecule is C=C(C)c1ccc2c3c(cc/c(=C\[C@H]4CCC5C6CCCC[C@H]6C(C)(C)[C@H]5C4)c13)=CC(C)C2. The highest BCUT2D eigenvalue weighted by molar-refractivity contribution is 5.97.